The molecule has 0 aliphatic heterocycles. The molecule has 1 atom stereocenters. The van der Waals surface area contributed by atoms with Gasteiger partial charge in [-0.3, -0.25) is 10.1 Å². The fraction of sp³-hybridized carbons (Fsp3) is 0.778. The summed E-state index contributed by atoms with van der Waals surface area (Å²) in [7, 11) is 0. The van der Waals surface area contributed by atoms with E-state index in [-0.39, 0.29) is 17.8 Å². The summed E-state index contributed by atoms with van der Waals surface area (Å²) < 4.78 is 0. The Morgan fingerprint density at radius 1 is 1.50 bits per heavy atom. The molecule has 0 aliphatic carbocycles. The summed E-state index contributed by atoms with van der Waals surface area (Å²) in [6.45, 7) is 2.98. The number of nitriles is 2. The molecule has 0 saturated carbocycles. The Bertz CT molecular complexity index is 285. The molecule has 0 spiro atoms. The summed E-state index contributed by atoms with van der Waals surface area (Å²) in [6, 6.07) is 3.92. The van der Waals surface area contributed by atoms with Gasteiger partial charge in [0.1, 0.15) is 0 Å². The molecule has 5 heteroatoms. The number of rotatable bonds is 5. The molecule has 0 fully saturated rings. The van der Waals surface area contributed by atoms with Gasteiger partial charge in [0.2, 0.25) is 5.54 Å². The normalized spacial score (nSPS) is 12.6. The predicted octanol–water partition coefficient (Wildman–Crippen LogP) is 1.88. The van der Waals surface area contributed by atoms with E-state index in [4.69, 9.17) is 10.5 Å². The maximum atomic E-state index is 10.6. The van der Waals surface area contributed by atoms with Gasteiger partial charge in [-0.25, -0.2) is 0 Å². The molecule has 0 amide bonds. The van der Waals surface area contributed by atoms with Gasteiger partial charge in [0.25, 0.3) is 0 Å². The molecule has 0 bridgehead atoms. The maximum Gasteiger partial charge on any atom is 0.218 e. The quantitative estimate of drug-likeness (QED) is 0.494. The lowest BCUT2D eigenvalue weighted by molar-refractivity contribution is -0.562. The van der Waals surface area contributed by atoms with E-state index in [1.54, 1.807) is 0 Å². The Morgan fingerprint density at radius 3 is 2.43 bits per heavy atom. The highest BCUT2D eigenvalue weighted by Crippen LogP contribution is 2.22. The zero-order chi connectivity index (χ0) is 11.2. The second-order valence-corrected chi connectivity index (χ2v) is 3.80. The van der Waals surface area contributed by atoms with Gasteiger partial charge in [-0.15, -0.1) is 0 Å². The summed E-state index contributed by atoms with van der Waals surface area (Å²) >= 11 is 0. The Labute approximate surface area is 83.1 Å². The van der Waals surface area contributed by atoms with Gasteiger partial charge in [-0.1, -0.05) is 0 Å². The first-order valence-electron chi connectivity index (χ1n) is 4.35. The van der Waals surface area contributed by atoms with Crippen molar-refractivity contribution in [3.63, 3.8) is 0 Å². The molecule has 0 N–H and O–H groups in total. The van der Waals surface area contributed by atoms with Crippen molar-refractivity contribution in [1.82, 2.24) is 0 Å². The van der Waals surface area contributed by atoms with Crippen LogP contribution in [0.3, 0.4) is 0 Å². The summed E-state index contributed by atoms with van der Waals surface area (Å²) in [5.74, 6) is -0.407. The average Bonchev–Trinajstić information content (AvgIpc) is 2.11. The molecule has 76 valence electrons. The van der Waals surface area contributed by atoms with Crippen LogP contribution >= 0.6 is 0 Å². The van der Waals surface area contributed by atoms with E-state index >= 15 is 0 Å². The molecule has 0 saturated heterocycles. The number of hydrogen-bond donors (Lipinski definition) is 0. The van der Waals surface area contributed by atoms with Crippen LogP contribution in [0.1, 0.15) is 33.1 Å². The zero-order valence-electron chi connectivity index (χ0n) is 8.36. The van der Waals surface area contributed by atoms with E-state index < -0.39 is 11.5 Å². The van der Waals surface area contributed by atoms with Gasteiger partial charge in [0.05, 0.1) is 18.1 Å². The molecular formula is C9H13N3O2. The Morgan fingerprint density at radius 2 is 2.07 bits per heavy atom. The van der Waals surface area contributed by atoms with Crippen LogP contribution in [0, 0.1) is 38.7 Å². The largest absolute Gasteiger partial charge is 0.264 e. The number of hydrogen-bond acceptors (Lipinski definition) is 4. The van der Waals surface area contributed by atoms with E-state index in [1.165, 1.54) is 13.8 Å². The molecule has 0 aliphatic rings. The molecule has 5 nitrogen and oxygen atoms in total. The predicted molar refractivity (Wildman–Crippen MR) is 49.6 cm³/mol. The molecule has 0 aromatic carbocycles. The first-order chi connectivity index (χ1) is 6.44. The minimum Gasteiger partial charge on any atom is -0.264 e. The van der Waals surface area contributed by atoms with Crippen LogP contribution in [0.15, 0.2) is 0 Å². The van der Waals surface area contributed by atoms with Crippen molar-refractivity contribution >= 4 is 0 Å². The van der Waals surface area contributed by atoms with Crippen molar-refractivity contribution in [2.24, 2.45) is 5.92 Å². The monoisotopic (exact) mass is 195 g/mol. The summed E-state index contributed by atoms with van der Waals surface area (Å²) in [5.41, 5.74) is -1.09. The van der Waals surface area contributed by atoms with Crippen molar-refractivity contribution in [2.45, 2.75) is 38.6 Å². The van der Waals surface area contributed by atoms with Crippen LogP contribution in [-0.4, -0.2) is 10.5 Å². The summed E-state index contributed by atoms with van der Waals surface area (Å²) in [5, 5.41) is 27.6. The second-order valence-electron chi connectivity index (χ2n) is 3.80. The standard InChI is InChI=1S/C9H13N3O2/c1-9(2,12(13)14)6-8(7-11)4-3-5-10/h8H,3-4,6H2,1-2H3. The Balaban J connectivity index is 4.27. The third-order valence-electron chi connectivity index (χ3n) is 2.03. The third kappa shape index (κ3) is 3.86. The van der Waals surface area contributed by atoms with E-state index in [1.807, 2.05) is 12.1 Å². The zero-order valence-corrected chi connectivity index (χ0v) is 8.36. The van der Waals surface area contributed by atoms with Crippen molar-refractivity contribution in [2.75, 3.05) is 0 Å². The first-order valence-corrected chi connectivity index (χ1v) is 4.35. The first kappa shape index (κ1) is 12.4. The lowest BCUT2D eigenvalue weighted by Crippen LogP contribution is -2.33. The Kier molecular flexibility index (Phi) is 4.58. The highest BCUT2D eigenvalue weighted by atomic mass is 16.6. The molecule has 1 unspecified atom stereocenters. The molecule has 0 radical (unpaired) electrons. The topological polar surface area (TPSA) is 90.7 Å². The number of nitrogens with zero attached hydrogens (tertiary/aromatic N) is 3. The van der Waals surface area contributed by atoms with Crippen LogP contribution in [-0.2, 0) is 0 Å². The van der Waals surface area contributed by atoms with Crippen LogP contribution in [0.25, 0.3) is 0 Å². The third-order valence-corrected chi connectivity index (χ3v) is 2.03. The highest BCUT2D eigenvalue weighted by molar-refractivity contribution is 4.89. The van der Waals surface area contributed by atoms with Crippen molar-refractivity contribution in [1.29, 1.82) is 10.5 Å². The van der Waals surface area contributed by atoms with Crippen LogP contribution < -0.4 is 0 Å². The van der Waals surface area contributed by atoms with Gasteiger partial charge in [-0.05, 0) is 6.42 Å². The Hall–Kier alpha value is -1.62. The van der Waals surface area contributed by atoms with Crippen molar-refractivity contribution < 1.29 is 4.92 Å². The SMILES string of the molecule is CC(C)(CC(C#N)CCC#N)[N+](=O)[O-]. The van der Waals surface area contributed by atoms with E-state index in [2.05, 4.69) is 0 Å². The second kappa shape index (κ2) is 5.18. The van der Waals surface area contributed by atoms with E-state index in [0.717, 1.165) is 0 Å². The molecule has 14 heavy (non-hydrogen) atoms. The van der Waals surface area contributed by atoms with E-state index in [9.17, 15) is 10.1 Å². The molecule has 0 aromatic heterocycles. The van der Waals surface area contributed by atoms with E-state index in [0.29, 0.717) is 6.42 Å². The fourth-order valence-electron chi connectivity index (χ4n) is 1.13. The van der Waals surface area contributed by atoms with Crippen molar-refractivity contribution in [3.8, 4) is 12.1 Å². The van der Waals surface area contributed by atoms with Gasteiger partial charge in [0.15, 0.2) is 0 Å². The number of nitro groups is 1. The average molecular weight is 195 g/mol. The molecule has 0 rings (SSSR count). The lowest BCUT2D eigenvalue weighted by Gasteiger charge is -2.17. The van der Waals surface area contributed by atoms with Gasteiger partial charge in [0, 0.05) is 31.6 Å². The molecule has 0 heterocycles. The minimum atomic E-state index is -1.09. The lowest BCUT2D eigenvalue weighted by atomic mass is 9.89. The van der Waals surface area contributed by atoms with Crippen LogP contribution in [0.5, 0.6) is 0 Å². The van der Waals surface area contributed by atoms with Gasteiger partial charge in [-0.2, -0.15) is 10.5 Å². The van der Waals surface area contributed by atoms with Crippen LogP contribution in [0.2, 0.25) is 0 Å². The molecular weight excluding hydrogens is 182 g/mol. The minimum absolute atomic E-state index is 0.193. The van der Waals surface area contributed by atoms with Gasteiger partial charge < -0.3 is 0 Å². The van der Waals surface area contributed by atoms with Crippen LogP contribution in [0.4, 0.5) is 0 Å². The maximum absolute atomic E-state index is 10.6. The smallest absolute Gasteiger partial charge is 0.218 e. The summed E-state index contributed by atoms with van der Waals surface area (Å²) in [6.07, 6.45) is 0.870. The van der Waals surface area contributed by atoms with Crippen molar-refractivity contribution in [3.05, 3.63) is 10.1 Å². The highest BCUT2D eigenvalue weighted by Gasteiger charge is 2.33. The van der Waals surface area contributed by atoms with Gasteiger partial charge >= 0.3 is 0 Å². The summed E-state index contributed by atoms with van der Waals surface area (Å²) in [4.78, 5) is 10.2. The molecule has 0 aromatic rings. The fourth-order valence-corrected chi connectivity index (χ4v) is 1.13.